The summed E-state index contributed by atoms with van der Waals surface area (Å²) in [5, 5.41) is 0. The second-order valence-corrected chi connectivity index (χ2v) is 10.00. The van der Waals surface area contributed by atoms with E-state index in [0.717, 1.165) is 32.4 Å². The van der Waals surface area contributed by atoms with Crippen LogP contribution in [0, 0.1) is 17.6 Å². The van der Waals surface area contributed by atoms with Gasteiger partial charge in [0, 0.05) is 11.8 Å². The van der Waals surface area contributed by atoms with Gasteiger partial charge in [0.25, 0.3) is 10.0 Å². The highest BCUT2D eigenvalue weighted by atomic mass is 32.2. The Kier molecular flexibility index (Phi) is 5.50. The van der Waals surface area contributed by atoms with Crippen molar-refractivity contribution in [1.29, 1.82) is 0 Å². The van der Waals surface area contributed by atoms with Crippen molar-refractivity contribution in [2.24, 2.45) is 5.92 Å². The van der Waals surface area contributed by atoms with Gasteiger partial charge >= 0.3 is 0 Å². The second kappa shape index (κ2) is 7.50. The Balaban J connectivity index is 1.86. The molecule has 3 aromatic rings. The van der Waals surface area contributed by atoms with E-state index in [2.05, 4.69) is 23.6 Å². The molecule has 1 aromatic heterocycles. The summed E-state index contributed by atoms with van der Waals surface area (Å²) in [5.41, 5.74) is 1.07. The van der Waals surface area contributed by atoms with Gasteiger partial charge in [-0.25, -0.2) is 22.2 Å². The first-order chi connectivity index (χ1) is 12.2. The molecular weight excluding hydrogens is 398 g/mol. The first-order valence-electron chi connectivity index (χ1n) is 7.76. The normalized spacial score (nSPS) is 12.0. The lowest BCUT2D eigenvalue weighted by atomic mass is 10.3. The summed E-state index contributed by atoms with van der Waals surface area (Å²) < 4.78 is 55.6. The van der Waals surface area contributed by atoms with E-state index in [1.807, 2.05) is 0 Å². The molecule has 0 unspecified atom stereocenters. The number of hydrogen-bond acceptors (Lipinski definition) is 5. The van der Waals surface area contributed by atoms with E-state index < -0.39 is 26.6 Å². The van der Waals surface area contributed by atoms with Gasteiger partial charge in [0.05, 0.1) is 15.9 Å². The van der Waals surface area contributed by atoms with Crippen LogP contribution >= 0.6 is 23.1 Å². The molecule has 3 rings (SSSR count). The van der Waals surface area contributed by atoms with Gasteiger partial charge < -0.3 is 0 Å². The zero-order chi connectivity index (χ0) is 18.9. The molecule has 26 heavy (non-hydrogen) atoms. The van der Waals surface area contributed by atoms with E-state index in [-0.39, 0.29) is 0 Å². The Morgan fingerprint density at radius 3 is 2.65 bits per heavy atom. The van der Waals surface area contributed by atoms with E-state index in [1.54, 1.807) is 30.0 Å². The molecule has 0 fully saturated rings. The number of thioether (sulfide) groups is 1. The lowest BCUT2D eigenvalue weighted by Gasteiger charge is -2.08. The Morgan fingerprint density at radius 1 is 1.19 bits per heavy atom. The summed E-state index contributed by atoms with van der Waals surface area (Å²) in [5.74, 6) is -0.480. The van der Waals surface area contributed by atoms with Crippen LogP contribution < -0.4 is 4.72 Å². The SMILES string of the molecule is CC(C)CSc1nc2ccc(NS(=O)(=O)c3ccc(F)cc3F)cc2s1. The average molecular weight is 415 g/mol. The molecule has 0 saturated heterocycles. The molecule has 0 aliphatic carbocycles. The molecule has 0 aliphatic heterocycles. The van der Waals surface area contributed by atoms with Crippen molar-refractivity contribution >= 4 is 49.0 Å². The Labute approximate surface area is 158 Å². The molecule has 1 N–H and O–H groups in total. The molecular formula is C17H16F2N2O2S3. The smallest absolute Gasteiger partial charge is 0.264 e. The Bertz CT molecular complexity index is 1050. The average Bonchev–Trinajstić information content (AvgIpc) is 2.94. The summed E-state index contributed by atoms with van der Waals surface area (Å²) in [6, 6.07) is 7.29. The van der Waals surface area contributed by atoms with Crippen molar-refractivity contribution in [3.8, 4) is 0 Å². The van der Waals surface area contributed by atoms with Gasteiger partial charge in [-0.2, -0.15) is 0 Å². The molecule has 0 bridgehead atoms. The van der Waals surface area contributed by atoms with Crippen molar-refractivity contribution < 1.29 is 17.2 Å². The molecule has 0 amide bonds. The zero-order valence-electron chi connectivity index (χ0n) is 14.0. The van der Waals surface area contributed by atoms with Gasteiger partial charge in [0.2, 0.25) is 0 Å². The van der Waals surface area contributed by atoms with Crippen LogP contribution in [0.4, 0.5) is 14.5 Å². The van der Waals surface area contributed by atoms with Crippen LogP contribution in [0.1, 0.15) is 13.8 Å². The van der Waals surface area contributed by atoms with E-state index in [1.165, 1.54) is 11.3 Å². The highest BCUT2D eigenvalue weighted by Gasteiger charge is 2.20. The van der Waals surface area contributed by atoms with Crippen LogP contribution in [0.5, 0.6) is 0 Å². The van der Waals surface area contributed by atoms with Crippen molar-refractivity contribution in [3.05, 3.63) is 48.0 Å². The number of nitrogens with one attached hydrogen (secondary N) is 1. The number of anilines is 1. The number of nitrogens with zero attached hydrogens (tertiary/aromatic N) is 1. The third kappa shape index (κ3) is 4.33. The molecule has 0 aliphatic rings. The van der Waals surface area contributed by atoms with E-state index >= 15 is 0 Å². The summed E-state index contributed by atoms with van der Waals surface area (Å²) in [6.07, 6.45) is 0. The number of rotatable bonds is 6. The summed E-state index contributed by atoms with van der Waals surface area (Å²) in [6.45, 7) is 4.25. The molecule has 0 radical (unpaired) electrons. The molecule has 9 heteroatoms. The first kappa shape index (κ1) is 19.1. The first-order valence-corrected chi connectivity index (χ1v) is 11.0. The Morgan fingerprint density at radius 2 is 1.96 bits per heavy atom. The molecule has 0 atom stereocenters. The van der Waals surface area contributed by atoms with Crippen molar-refractivity contribution in [1.82, 2.24) is 4.98 Å². The lowest BCUT2D eigenvalue weighted by Crippen LogP contribution is -2.14. The van der Waals surface area contributed by atoms with Crippen LogP contribution in [-0.2, 0) is 10.0 Å². The minimum Gasteiger partial charge on any atom is -0.279 e. The lowest BCUT2D eigenvalue weighted by molar-refractivity contribution is 0.551. The molecule has 138 valence electrons. The highest BCUT2D eigenvalue weighted by Crippen LogP contribution is 2.32. The molecule has 2 aromatic carbocycles. The van der Waals surface area contributed by atoms with Crippen molar-refractivity contribution in [3.63, 3.8) is 0 Å². The summed E-state index contributed by atoms with van der Waals surface area (Å²) >= 11 is 3.13. The van der Waals surface area contributed by atoms with Crippen molar-refractivity contribution in [2.45, 2.75) is 23.1 Å². The number of benzene rings is 2. The number of fused-ring (bicyclic) bond motifs is 1. The summed E-state index contributed by atoms with van der Waals surface area (Å²) in [4.78, 5) is 3.91. The number of hydrogen-bond donors (Lipinski definition) is 1. The van der Waals surface area contributed by atoms with Gasteiger partial charge in [-0.1, -0.05) is 25.6 Å². The predicted octanol–water partition coefficient (Wildman–Crippen LogP) is 5.12. The largest absolute Gasteiger partial charge is 0.279 e. The Hall–Kier alpha value is -1.71. The van der Waals surface area contributed by atoms with E-state index in [9.17, 15) is 17.2 Å². The zero-order valence-corrected chi connectivity index (χ0v) is 16.4. The van der Waals surface area contributed by atoms with Gasteiger partial charge in [-0.15, -0.1) is 11.3 Å². The number of thiazole rings is 1. The topological polar surface area (TPSA) is 59.1 Å². The predicted molar refractivity (Wildman–Crippen MR) is 102 cm³/mol. The standard InChI is InChI=1S/C17H16F2N2O2S3/c1-10(2)9-24-17-20-14-5-4-12(8-15(14)25-17)21-26(22,23)16-6-3-11(18)7-13(16)19/h3-8,10,21H,9H2,1-2H3. The minimum atomic E-state index is -4.16. The van der Waals surface area contributed by atoms with Crippen LogP contribution in [0.25, 0.3) is 10.2 Å². The maximum absolute atomic E-state index is 13.8. The van der Waals surface area contributed by atoms with Crippen LogP contribution in [0.3, 0.4) is 0 Å². The quantitative estimate of drug-likeness (QED) is 0.569. The fraction of sp³-hybridized carbons (Fsp3) is 0.235. The third-order valence-corrected chi connectivity index (χ3v) is 7.35. The second-order valence-electron chi connectivity index (χ2n) is 6.05. The molecule has 4 nitrogen and oxygen atoms in total. The number of aromatic nitrogens is 1. The fourth-order valence-corrected chi connectivity index (χ4v) is 5.36. The minimum absolute atomic E-state index is 0.297. The van der Waals surface area contributed by atoms with E-state index in [0.29, 0.717) is 17.7 Å². The van der Waals surface area contributed by atoms with Gasteiger partial charge in [-0.3, -0.25) is 4.72 Å². The van der Waals surface area contributed by atoms with E-state index in [4.69, 9.17) is 0 Å². The summed E-state index contributed by atoms with van der Waals surface area (Å²) in [7, 11) is -4.16. The molecule has 0 saturated carbocycles. The highest BCUT2D eigenvalue weighted by molar-refractivity contribution is 8.01. The van der Waals surface area contributed by atoms with Gasteiger partial charge in [0.1, 0.15) is 16.5 Å². The third-order valence-electron chi connectivity index (χ3n) is 3.34. The van der Waals surface area contributed by atoms with Crippen LogP contribution in [0.15, 0.2) is 45.6 Å². The molecule has 1 heterocycles. The van der Waals surface area contributed by atoms with Crippen LogP contribution in [-0.4, -0.2) is 19.2 Å². The number of sulfonamides is 1. The molecule has 0 spiro atoms. The fourth-order valence-electron chi connectivity index (χ4n) is 2.17. The van der Waals surface area contributed by atoms with Gasteiger partial charge in [0.15, 0.2) is 4.34 Å². The monoisotopic (exact) mass is 414 g/mol. The van der Waals surface area contributed by atoms with Gasteiger partial charge in [-0.05, 0) is 36.2 Å². The maximum Gasteiger partial charge on any atom is 0.264 e. The van der Waals surface area contributed by atoms with Crippen LogP contribution in [0.2, 0.25) is 0 Å². The van der Waals surface area contributed by atoms with Crippen molar-refractivity contribution in [2.75, 3.05) is 10.5 Å². The maximum atomic E-state index is 13.8. The number of halogens is 2.